The van der Waals surface area contributed by atoms with E-state index >= 15 is 0 Å². The van der Waals surface area contributed by atoms with Crippen LogP contribution in [-0.4, -0.2) is 23.6 Å². The van der Waals surface area contributed by atoms with Gasteiger partial charge in [-0.05, 0) is 32.4 Å². The Morgan fingerprint density at radius 3 is 3.00 bits per heavy atom. The van der Waals surface area contributed by atoms with E-state index in [0.29, 0.717) is 4.75 Å². The molecule has 1 N–H and O–H groups in total. The van der Waals surface area contributed by atoms with Gasteiger partial charge in [0.15, 0.2) is 0 Å². The lowest BCUT2D eigenvalue weighted by molar-refractivity contribution is 0.556. The third-order valence-corrected chi connectivity index (χ3v) is 3.84. The summed E-state index contributed by atoms with van der Waals surface area (Å²) in [6.07, 6.45) is 7.03. The zero-order valence-electron chi connectivity index (χ0n) is 8.10. The van der Waals surface area contributed by atoms with Crippen molar-refractivity contribution in [3.05, 3.63) is 12.2 Å². The second-order valence-corrected chi connectivity index (χ2v) is 5.28. The Morgan fingerprint density at radius 2 is 2.42 bits per heavy atom. The van der Waals surface area contributed by atoms with Gasteiger partial charge >= 0.3 is 0 Å². The van der Waals surface area contributed by atoms with E-state index in [4.69, 9.17) is 0 Å². The SMILES string of the molecule is C/C=C/CNCC1(C)CCCS1. The first-order chi connectivity index (χ1) is 5.77. The molecule has 0 aromatic heterocycles. The molecule has 12 heavy (non-hydrogen) atoms. The highest BCUT2D eigenvalue weighted by Crippen LogP contribution is 2.36. The quantitative estimate of drug-likeness (QED) is 0.533. The van der Waals surface area contributed by atoms with Gasteiger partial charge in [-0.3, -0.25) is 0 Å². The standard InChI is InChI=1S/C10H19NS/c1-3-4-7-11-9-10(2)6-5-8-12-10/h3-4,11H,5-9H2,1-2H3/b4-3+. The fourth-order valence-corrected chi connectivity index (χ4v) is 2.79. The summed E-state index contributed by atoms with van der Waals surface area (Å²) in [7, 11) is 0. The Balaban J connectivity index is 2.12. The molecule has 0 aromatic carbocycles. The van der Waals surface area contributed by atoms with Crippen LogP contribution in [0.3, 0.4) is 0 Å². The van der Waals surface area contributed by atoms with Gasteiger partial charge in [0.1, 0.15) is 0 Å². The highest BCUT2D eigenvalue weighted by Gasteiger charge is 2.28. The summed E-state index contributed by atoms with van der Waals surface area (Å²) in [5.74, 6) is 1.35. The fourth-order valence-electron chi connectivity index (χ4n) is 1.51. The number of hydrogen-bond donors (Lipinski definition) is 1. The van der Waals surface area contributed by atoms with Crippen LogP contribution in [0.5, 0.6) is 0 Å². The van der Waals surface area contributed by atoms with Crippen LogP contribution in [0.4, 0.5) is 0 Å². The maximum atomic E-state index is 3.46. The van der Waals surface area contributed by atoms with Crippen molar-refractivity contribution in [3.8, 4) is 0 Å². The number of thioether (sulfide) groups is 1. The summed E-state index contributed by atoms with van der Waals surface area (Å²) in [4.78, 5) is 0. The Hall–Kier alpha value is 0.0500. The molecule has 1 rings (SSSR count). The molecule has 70 valence electrons. The van der Waals surface area contributed by atoms with Gasteiger partial charge in [-0.2, -0.15) is 11.8 Å². The van der Waals surface area contributed by atoms with Crippen molar-refractivity contribution in [3.63, 3.8) is 0 Å². The molecule has 2 heteroatoms. The first-order valence-electron chi connectivity index (χ1n) is 4.73. The number of hydrogen-bond acceptors (Lipinski definition) is 2. The average molecular weight is 185 g/mol. The third-order valence-electron chi connectivity index (χ3n) is 2.30. The van der Waals surface area contributed by atoms with E-state index in [9.17, 15) is 0 Å². The predicted molar refractivity (Wildman–Crippen MR) is 57.8 cm³/mol. The smallest absolute Gasteiger partial charge is 0.0256 e. The zero-order chi connectivity index (χ0) is 8.86. The van der Waals surface area contributed by atoms with Crippen LogP contribution in [0.2, 0.25) is 0 Å². The first kappa shape index (κ1) is 10.1. The van der Waals surface area contributed by atoms with Crippen LogP contribution < -0.4 is 5.32 Å². The van der Waals surface area contributed by atoms with Crippen LogP contribution in [0.15, 0.2) is 12.2 Å². The van der Waals surface area contributed by atoms with Crippen molar-refractivity contribution in [1.29, 1.82) is 0 Å². The molecule has 1 aliphatic heterocycles. The topological polar surface area (TPSA) is 12.0 Å². The lowest BCUT2D eigenvalue weighted by Gasteiger charge is -2.22. The van der Waals surface area contributed by atoms with Gasteiger partial charge in [-0.1, -0.05) is 12.2 Å². The minimum absolute atomic E-state index is 0.515. The third kappa shape index (κ3) is 3.20. The summed E-state index contributed by atoms with van der Waals surface area (Å²) < 4.78 is 0.515. The van der Waals surface area contributed by atoms with E-state index in [1.165, 1.54) is 18.6 Å². The van der Waals surface area contributed by atoms with Crippen LogP contribution in [-0.2, 0) is 0 Å². The monoisotopic (exact) mass is 185 g/mol. The van der Waals surface area contributed by atoms with E-state index < -0.39 is 0 Å². The van der Waals surface area contributed by atoms with E-state index in [-0.39, 0.29) is 0 Å². The average Bonchev–Trinajstić information content (AvgIpc) is 2.47. The highest BCUT2D eigenvalue weighted by atomic mass is 32.2. The second kappa shape index (κ2) is 4.93. The van der Waals surface area contributed by atoms with Gasteiger partial charge in [0.25, 0.3) is 0 Å². The van der Waals surface area contributed by atoms with Gasteiger partial charge in [-0.25, -0.2) is 0 Å². The molecule has 0 aromatic rings. The molecule has 1 nitrogen and oxygen atoms in total. The molecule has 1 unspecified atom stereocenters. The largest absolute Gasteiger partial charge is 0.312 e. The van der Waals surface area contributed by atoms with Crippen LogP contribution in [0.25, 0.3) is 0 Å². The number of rotatable bonds is 4. The maximum absolute atomic E-state index is 3.46. The van der Waals surface area contributed by atoms with Gasteiger partial charge in [0.2, 0.25) is 0 Å². The predicted octanol–water partition coefficient (Wildman–Crippen LogP) is 2.44. The fraction of sp³-hybridized carbons (Fsp3) is 0.800. The Bertz CT molecular complexity index is 148. The van der Waals surface area contributed by atoms with Crippen LogP contribution >= 0.6 is 11.8 Å². The van der Waals surface area contributed by atoms with Crippen LogP contribution in [0, 0.1) is 0 Å². The molecule has 0 aliphatic carbocycles. The summed E-state index contributed by atoms with van der Waals surface area (Å²) in [5.41, 5.74) is 0. The molecule has 1 heterocycles. The van der Waals surface area contributed by atoms with Crippen molar-refractivity contribution < 1.29 is 0 Å². The summed E-state index contributed by atoms with van der Waals surface area (Å²) in [5, 5.41) is 3.46. The van der Waals surface area contributed by atoms with E-state index in [0.717, 1.165) is 13.1 Å². The molecule has 0 amide bonds. The van der Waals surface area contributed by atoms with Crippen molar-refractivity contribution >= 4 is 11.8 Å². The van der Waals surface area contributed by atoms with E-state index in [1.807, 2.05) is 0 Å². The minimum Gasteiger partial charge on any atom is -0.312 e. The van der Waals surface area contributed by atoms with Gasteiger partial charge in [0.05, 0.1) is 0 Å². The Labute approximate surface area is 80.0 Å². The molecule has 0 spiro atoms. The van der Waals surface area contributed by atoms with Crippen molar-refractivity contribution in [2.75, 3.05) is 18.8 Å². The van der Waals surface area contributed by atoms with Gasteiger partial charge in [0, 0.05) is 17.8 Å². The summed E-state index contributed by atoms with van der Waals surface area (Å²) in [6.45, 7) is 6.61. The highest BCUT2D eigenvalue weighted by molar-refractivity contribution is 8.00. The molecular weight excluding hydrogens is 166 g/mol. The molecule has 1 fully saturated rings. The Morgan fingerprint density at radius 1 is 1.58 bits per heavy atom. The molecule has 1 atom stereocenters. The number of allylic oxidation sites excluding steroid dienone is 1. The Kier molecular flexibility index (Phi) is 4.16. The maximum Gasteiger partial charge on any atom is 0.0256 e. The van der Waals surface area contributed by atoms with Gasteiger partial charge < -0.3 is 5.32 Å². The van der Waals surface area contributed by atoms with Gasteiger partial charge in [-0.15, -0.1) is 0 Å². The minimum atomic E-state index is 0.515. The van der Waals surface area contributed by atoms with E-state index in [1.54, 1.807) is 0 Å². The van der Waals surface area contributed by atoms with Crippen LogP contribution in [0.1, 0.15) is 26.7 Å². The molecule has 1 aliphatic rings. The van der Waals surface area contributed by atoms with Crippen molar-refractivity contribution in [1.82, 2.24) is 5.32 Å². The van der Waals surface area contributed by atoms with Crippen molar-refractivity contribution in [2.45, 2.75) is 31.4 Å². The molecule has 0 saturated carbocycles. The lowest BCUT2D eigenvalue weighted by Crippen LogP contribution is -2.32. The summed E-state index contributed by atoms with van der Waals surface area (Å²) in [6, 6.07) is 0. The first-order valence-corrected chi connectivity index (χ1v) is 5.71. The lowest BCUT2D eigenvalue weighted by atomic mass is 10.1. The van der Waals surface area contributed by atoms with E-state index in [2.05, 4.69) is 43.1 Å². The molecule has 0 radical (unpaired) electrons. The second-order valence-electron chi connectivity index (χ2n) is 3.60. The van der Waals surface area contributed by atoms with Crippen molar-refractivity contribution in [2.24, 2.45) is 0 Å². The summed E-state index contributed by atoms with van der Waals surface area (Å²) >= 11 is 2.12. The normalized spacial score (nSPS) is 30.2. The molecule has 1 saturated heterocycles. The molecular formula is C10H19NS. The number of nitrogens with one attached hydrogen (secondary N) is 1. The zero-order valence-corrected chi connectivity index (χ0v) is 8.91. The molecule has 0 bridgehead atoms.